The maximum Gasteiger partial charge on any atom is 0.335 e. The highest BCUT2D eigenvalue weighted by atomic mass is 19.1. The molecule has 0 bridgehead atoms. The number of carboxylic acid groups (broad SMARTS) is 1. The van der Waals surface area contributed by atoms with Gasteiger partial charge in [0, 0.05) is 23.2 Å². The van der Waals surface area contributed by atoms with Gasteiger partial charge in [-0.05, 0) is 49.7 Å². The van der Waals surface area contributed by atoms with Crippen molar-refractivity contribution in [2.45, 2.75) is 132 Å². The Morgan fingerprint density at radius 2 is 1.78 bits per heavy atom. The van der Waals surface area contributed by atoms with E-state index in [1.54, 1.807) is 13.8 Å². The second-order valence-corrected chi connectivity index (χ2v) is 14.1. The number of aliphatic carboxylic acids is 1. The third-order valence-electron chi connectivity index (χ3n) is 11.9. The topological polar surface area (TPSA) is 189 Å². The van der Waals surface area contributed by atoms with Crippen LogP contribution in [0.2, 0.25) is 0 Å². The van der Waals surface area contributed by atoms with Crippen LogP contribution in [-0.4, -0.2) is 116 Å². The first-order valence-electron chi connectivity index (χ1n) is 15.7. The van der Waals surface area contributed by atoms with E-state index in [4.69, 9.17) is 18.9 Å². The summed E-state index contributed by atoms with van der Waals surface area (Å²) >= 11 is 0. The van der Waals surface area contributed by atoms with Crippen LogP contribution in [0, 0.1) is 22.7 Å². The zero-order valence-corrected chi connectivity index (χ0v) is 25.4. The molecular weight excluding hydrogens is 602 g/mol. The Kier molecular flexibility index (Phi) is 8.13. The minimum Gasteiger partial charge on any atom is -0.479 e. The minimum atomic E-state index is -2.29. The van der Waals surface area contributed by atoms with Crippen molar-refractivity contribution in [1.29, 1.82) is 0 Å². The fourth-order valence-electron chi connectivity index (χ4n) is 9.70. The molecular formula is C31H42F2O12. The van der Waals surface area contributed by atoms with Crippen LogP contribution < -0.4 is 0 Å². The van der Waals surface area contributed by atoms with E-state index in [0.29, 0.717) is 12.8 Å². The molecule has 5 fully saturated rings. The van der Waals surface area contributed by atoms with Crippen LogP contribution in [0.25, 0.3) is 0 Å². The lowest BCUT2D eigenvalue weighted by Gasteiger charge is -2.64. The zero-order chi connectivity index (χ0) is 32.9. The number of hydrogen-bond acceptors (Lipinski definition) is 11. The van der Waals surface area contributed by atoms with Crippen LogP contribution >= 0.6 is 0 Å². The standard InChI is InChI=1S/C31H42F2O12/c1-4-5-21-43-20-10-14-15-9-17(32)16-8-13(34)6-7-28(16,2)30(15,33)18(35)11-29(14,3)31(20,45-21)19(36)12-42-27-24(39)22(37)23(38)25(44-27)26(40)41/h8,14-15,17-18,20-25,27,35,37-39H,4-7,9-12H2,1-3H3,(H,40,41)/t14?,15?,17-,18-,20?,21?,22-,23-,24+,25-,27?,28-,29-,30-,31?/m0/s1. The molecule has 2 heterocycles. The zero-order valence-electron chi connectivity index (χ0n) is 25.4. The SMILES string of the molecule is CCCC1OC2CC3C4C[C@H](F)C5=CC(=O)CC[C@]5(C)[C@@]4(F)[C@@H](O)C[C@]3(C)C2(C(=O)COC2O[C@H](C(=O)O)[C@@H](O)[C@H](O)[C@H]2O)O1. The van der Waals surface area contributed by atoms with Gasteiger partial charge in [0.1, 0.15) is 36.8 Å². The van der Waals surface area contributed by atoms with Gasteiger partial charge in [0.15, 0.2) is 35.9 Å². The third kappa shape index (κ3) is 4.39. The Hall–Kier alpha value is -1.91. The van der Waals surface area contributed by atoms with Gasteiger partial charge in [-0.25, -0.2) is 13.6 Å². The molecule has 0 radical (unpaired) electrons. The molecule has 0 aromatic heterocycles. The molecule has 15 atom stereocenters. The van der Waals surface area contributed by atoms with Crippen LogP contribution in [0.1, 0.15) is 65.7 Å². The quantitative estimate of drug-likeness (QED) is 0.264. The Labute approximate surface area is 258 Å². The Morgan fingerprint density at radius 1 is 1.07 bits per heavy atom. The van der Waals surface area contributed by atoms with Crippen LogP contribution in [0.15, 0.2) is 11.6 Å². The van der Waals surface area contributed by atoms with Crippen molar-refractivity contribution in [3.05, 3.63) is 11.6 Å². The Bertz CT molecular complexity index is 1280. The predicted molar refractivity (Wildman–Crippen MR) is 147 cm³/mol. The van der Waals surface area contributed by atoms with Gasteiger partial charge in [0.05, 0.1) is 12.2 Å². The second-order valence-electron chi connectivity index (χ2n) is 14.1. The number of carboxylic acids is 1. The fourth-order valence-corrected chi connectivity index (χ4v) is 9.70. The summed E-state index contributed by atoms with van der Waals surface area (Å²) in [5.74, 6) is -4.32. The number of carbonyl (C=O) groups is 3. The maximum absolute atomic E-state index is 17.6. The fraction of sp³-hybridized carbons (Fsp3) is 0.839. The number of fused-ring (bicyclic) bond motifs is 7. The summed E-state index contributed by atoms with van der Waals surface area (Å²) in [5, 5.41) is 51.7. The van der Waals surface area contributed by atoms with Crippen molar-refractivity contribution in [2.75, 3.05) is 6.61 Å². The van der Waals surface area contributed by atoms with Crippen LogP contribution in [-0.2, 0) is 33.3 Å². The van der Waals surface area contributed by atoms with Gasteiger partial charge in [-0.15, -0.1) is 0 Å². The van der Waals surface area contributed by atoms with E-state index in [0.717, 1.165) is 0 Å². The molecule has 252 valence electrons. The van der Waals surface area contributed by atoms with Gasteiger partial charge in [-0.2, -0.15) is 0 Å². The number of halogens is 2. The molecule has 6 unspecified atom stereocenters. The highest BCUT2D eigenvalue weighted by Gasteiger charge is 2.80. The molecule has 0 amide bonds. The maximum atomic E-state index is 17.6. The summed E-state index contributed by atoms with van der Waals surface area (Å²) in [6.07, 6.45) is -12.6. The van der Waals surface area contributed by atoms with Gasteiger partial charge in [0.2, 0.25) is 0 Å². The number of hydrogen-bond donors (Lipinski definition) is 5. The van der Waals surface area contributed by atoms with Crippen molar-refractivity contribution in [2.24, 2.45) is 22.7 Å². The number of allylic oxidation sites excluding steroid dienone is 1. The highest BCUT2D eigenvalue weighted by molar-refractivity contribution is 5.92. The lowest BCUT2D eigenvalue weighted by atomic mass is 9.43. The summed E-state index contributed by atoms with van der Waals surface area (Å²) in [4.78, 5) is 38.1. The number of ketones is 2. The highest BCUT2D eigenvalue weighted by Crippen LogP contribution is 2.72. The summed E-state index contributed by atoms with van der Waals surface area (Å²) in [6, 6.07) is 0. The van der Waals surface area contributed by atoms with E-state index >= 15 is 8.78 Å². The van der Waals surface area contributed by atoms with E-state index in [9.17, 15) is 39.9 Å². The Morgan fingerprint density at radius 3 is 2.44 bits per heavy atom. The number of ether oxygens (including phenoxy) is 4. The van der Waals surface area contributed by atoms with E-state index in [1.807, 2.05) is 6.92 Å². The second kappa shape index (κ2) is 11.1. The van der Waals surface area contributed by atoms with Crippen molar-refractivity contribution < 1.29 is 67.6 Å². The van der Waals surface area contributed by atoms with Crippen LogP contribution in [0.4, 0.5) is 8.78 Å². The molecule has 6 rings (SSSR count). The molecule has 4 aliphatic carbocycles. The van der Waals surface area contributed by atoms with Gasteiger partial charge >= 0.3 is 5.97 Å². The number of aliphatic hydroxyl groups is 4. The van der Waals surface area contributed by atoms with Gasteiger partial charge in [-0.1, -0.05) is 27.2 Å². The number of alkyl halides is 2. The average molecular weight is 645 g/mol. The molecule has 14 heteroatoms. The van der Waals surface area contributed by atoms with E-state index in [2.05, 4.69) is 0 Å². The van der Waals surface area contributed by atoms with Gasteiger partial charge in [0.25, 0.3) is 0 Å². The van der Waals surface area contributed by atoms with Crippen LogP contribution in [0.3, 0.4) is 0 Å². The molecule has 0 spiro atoms. The number of rotatable bonds is 7. The molecule has 3 saturated carbocycles. The van der Waals surface area contributed by atoms with E-state index in [-0.39, 0.29) is 43.5 Å². The first-order chi connectivity index (χ1) is 21.1. The molecule has 0 aromatic rings. The minimum absolute atomic E-state index is 0.0244. The van der Waals surface area contributed by atoms with E-state index < -0.39 is 108 Å². The molecule has 2 aliphatic heterocycles. The lowest BCUT2D eigenvalue weighted by molar-refractivity contribution is -0.293. The first kappa shape index (κ1) is 33.0. The predicted octanol–water partition coefficient (Wildman–Crippen LogP) is 0.897. The van der Waals surface area contributed by atoms with Crippen molar-refractivity contribution >= 4 is 17.5 Å². The van der Waals surface area contributed by atoms with Crippen molar-refractivity contribution in [1.82, 2.24) is 0 Å². The molecule has 6 aliphatic rings. The molecule has 45 heavy (non-hydrogen) atoms. The number of carbonyl (C=O) groups excluding carboxylic acids is 2. The number of aliphatic hydroxyl groups excluding tert-OH is 4. The normalized spacial score (nSPS) is 52.3. The molecule has 5 N–H and O–H groups in total. The van der Waals surface area contributed by atoms with Gasteiger partial charge in [-0.3, -0.25) is 9.59 Å². The van der Waals surface area contributed by atoms with E-state index in [1.165, 1.54) is 6.08 Å². The summed E-state index contributed by atoms with van der Waals surface area (Å²) in [7, 11) is 0. The smallest absolute Gasteiger partial charge is 0.335 e. The van der Waals surface area contributed by atoms with Crippen LogP contribution in [0.5, 0.6) is 0 Å². The summed E-state index contributed by atoms with van der Waals surface area (Å²) in [6.45, 7) is 4.36. The monoisotopic (exact) mass is 644 g/mol. The summed E-state index contributed by atoms with van der Waals surface area (Å²) < 4.78 is 56.9. The van der Waals surface area contributed by atoms with Crippen molar-refractivity contribution in [3.63, 3.8) is 0 Å². The van der Waals surface area contributed by atoms with Gasteiger partial charge < -0.3 is 44.5 Å². The third-order valence-corrected chi connectivity index (χ3v) is 11.9. The largest absolute Gasteiger partial charge is 0.479 e. The molecule has 12 nitrogen and oxygen atoms in total. The molecule has 0 aromatic carbocycles. The summed E-state index contributed by atoms with van der Waals surface area (Å²) in [5.41, 5.74) is -6.72. The lowest BCUT2D eigenvalue weighted by Crippen LogP contribution is -2.71. The Balaban J connectivity index is 1.33. The number of Topliss-reactive ketones (excluding diaryl/α,β-unsaturated/α-hetero) is 1. The first-order valence-corrected chi connectivity index (χ1v) is 15.7. The van der Waals surface area contributed by atoms with Crippen molar-refractivity contribution in [3.8, 4) is 0 Å². The molecule has 2 saturated heterocycles. The average Bonchev–Trinajstić information content (AvgIpc) is 3.46.